The Kier molecular flexibility index (Phi) is 5.42. The van der Waals surface area contributed by atoms with Gasteiger partial charge in [-0.2, -0.15) is 5.10 Å². The predicted molar refractivity (Wildman–Crippen MR) is 113 cm³/mol. The van der Waals surface area contributed by atoms with Crippen molar-refractivity contribution in [1.29, 1.82) is 0 Å². The van der Waals surface area contributed by atoms with Crippen molar-refractivity contribution >= 4 is 35.0 Å². The molecule has 0 radical (unpaired) electrons. The molecule has 164 valence electrons. The molecule has 2 amide bonds. The Morgan fingerprint density at radius 2 is 1.74 bits per heavy atom. The maximum Gasteiger partial charge on any atom is 0.274 e. The van der Waals surface area contributed by atoms with E-state index in [1.165, 1.54) is 0 Å². The first-order chi connectivity index (χ1) is 15.0. The Balaban J connectivity index is 1.29. The average molecular weight is 465 g/mol. The van der Waals surface area contributed by atoms with E-state index >= 15 is 0 Å². The van der Waals surface area contributed by atoms with Crippen molar-refractivity contribution < 1.29 is 19.1 Å². The maximum absolute atomic E-state index is 13.0. The van der Waals surface area contributed by atoms with Gasteiger partial charge in [0.15, 0.2) is 11.5 Å². The van der Waals surface area contributed by atoms with E-state index in [9.17, 15) is 9.59 Å². The highest BCUT2D eigenvalue weighted by Crippen LogP contribution is 2.32. The molecule has 0 N–H and O–H groups in total. The highest BCUT2D eigenvalue weighted by molar-refractivity contribution is 6.36. The number of fused-ring (bicyclic) bond motifs is 1. The SMILES string of the molecule is O=C(c1cc2n(n1)CCN(Cc1c(Cl)cccc1Cl)C2=O)N1CCC2(CC1)OCCO2. The Morgan fingerprint density at radius 1 is 1.06 bits per heavy atom. The van der Waals surface area contributed by atoms with E-state index in [1.807, 2.05) is 0 Å². The van der Waals surface area contributed by atoms with Crippen LogP contribution in [0.3, 0.4) is 0 Å². The smallest absolute Gasteiger partial charge is 0.274 e. The zero-order chi connectivity index (χ0) is 21.6. The zero-order valence-electron chi connectivity index (χ0n) is 16.9. The minimum Gasteiger partial charge on any atom is -0.347 e. The highest BCUT2D eigenvalue weighted by Gasteiger charge is 2.41. The average Bonchev–Trinajstić information content (AvgIpc) is 3.40. The molecule has 31 heavy (non-hydrogen) atoms. The van der Waals surface area contributed by atoms with Crippen LogP contribution in [-0.2, 0) is 22.6 Å². The van der Waals surface area contributed by atoms with Crippen LogP contribution in [0.15, 0.2) is 24.3 Å². The lowest BCUT2D eigenvalue weighted by atomic mass is 10.0. The van der Waals surface area contributed by atoms with Crippen molar-refractivity contribution in [3.8, 4) is 0 Å². The number of carbonyl (C=O) groups excluding carboxylic acids is 2. The standard InChI is InChI=1S/C21H22Cl2N4O4/c22-15-2-1-3-16(23)14(15)13-26-8-9-27-18(20(26)29)12-17(24-27)19(28)25-6-4-21(5-7-25)30-10-11-31-21/h1-3,12H,4-11,13H2. The molecule has 1 spiro atoms. The molecule has 1 aromatic carbocycles. The topological polar surface area (TPSA) is 76.9 Å². The lowest BCUT2D eigenvalue weighted by Crippen LogP contribution is -2.47. The number of likely N-dealkylation sites (tertiary alicyclic amines) is 1. The van der Waals surface area contributed by atoms with Gasteiger partial charge in [0.2, 0.25) is 0 Å². The number of hydrogen-bond donors (Lipinski definition) is 0. The molecule has 0 saturated carbocycles. The van der Waals surface area contributed by atoms with E-state index in [0.29, 0.717) is 80.1 Å². The summed E-state index contributed by atoms with van der Waals surface area (Å²) in [5.41, 5.74) is 1.39. The lowest BCUT2D eigenvalue weighted by Gasteiger charge is -2.37. The Labute approximate surface area is 189 Å². The number of nitrogens with zero attached hydrogens (tertiary/aromatic N) is 4. The number of carbonyl (C=O) groups is 2. The molecular formula is C21H22Cl2N4O4. The van der Waals surface area contributed by atoms with E-state index in [0.717, 1.165) is 0 Å². The van der Waals surface area contributed by atoms with E-state index in [-0.39, 0.29) is 17.5 Å². The second-order valence-electron chi connectivity index (χ2n) is 7.96. The molecule has 0 bridgehead atoms. The fourth-order valence-electron chi connectivity index (χ4n) is 4.37. The van der Waals surface area contributed by atoms with Gasteiger partial charge in [-0.15, -0.1) is 0 Å². The van der Waals surface area contributed by atoms with Crippen molar-refractivity contribution in [3.63, 3.8) is 0 Å². The number of amides is 2. The number of halogens is 2. The summed E-state index contributed by atoms with van der Waals surface area (Å²) in [5.74, 6) is -0.914. The molecule has 8 nitrogen and oxygen atoms in total. The first-order valence-corrected chi connectivity index (χ1v) is 11.1. The van der Waals surface area contributed by atoms with Gasteiger partial charge in [0.1, 0.15) is 5.69 Å². The van der Waals surface area contributed by atoms with Crippen molar-refractivity contribution in [1.82, 2.24) is 19.6 Å². The molecule has 4 heterocycles. The summed E-state index contributed by atoms with van der Waals surface area (Å²) in [4.78, 5) is 29.5. The van der Waals surface area contributed by atoms with Crippen LogP contribution in [0.2, 0.25) is 10.0 Å². The first-order valence-electron chi connectivity index (χ1n) is 10.3. The van der Waals surface area contributed by atoms with Crippen LogP contribution in [0.5, 0.6) is 0 Å². The number of hydrogen-bond acceptors (Lipinski definition) is 5. The van der Waals surface area contributed by atoms with Crippen LogP contribution in [0.4, 0.5) is 0 Å². The molecule has 2 fully saturated rings. The summed E-state index contributed by atoms with van der Waals surface area (Å²) in [6.07, 6.45) is 1.27. The van der Waals surface area contributed by atoms with Gasteiger partial charge in [-0.25, -0.2) is 0 Å². The van der Waals surface area contributed by atoms with Crippen LogP contribution in [0.1, 0.15) is 39.4 Å². The van der Waals surface area contributed by atoms with E-state index in [2.05, 4.69) is 5.10 Å². The summed E-state index contributed by atoms with van der Waals surface area (Å²) in [7, 11) is 0. The second kappa shape index (κ2) is 8.09. The molecule has 2 aromatic rings. The quantitative estimate of drug-likeness (QED) is 0.697. The summed E-state index contributed by atoms with van der Waals surface area (Å²) < 4.78 is 13.1. The minimum atomic E-state index is -0.541. The fourth-order valence-corrected chi connectivity index (χ4v) is 4.88. The van der Waals surface area contributed by atoms with Crippen LogP contribution in [0.25, 0.3) is 0 Å². The van der Waals surface area contributed by atoms with Gasteiger partial charge in [-0.3, -0.25) is 14.3 Å². The second-order valence-corrected chi connectivity index (χ2v) is 8.78. The summed E-state index contributed by atoms with van der Waals surface area (Å²) in [5, 5.41) is 5.45. The zero-order valence-corrected chi connectivity index (χ0v) is 18.4. The summed E-state index contributed by atoms with van der Waals surface area (Å²) in [6.45, 7) is 3.53. The molecule has 5 rings (SSSR count). The van der Waals surface area contributed by atoms with Gasteiger partial charge >= 0.3 is 0 Å². The van der Waals surface area contributed by atoms with Gasteiger partial charge in [0, 0.05) is 60.7 Å². The van der Waals surface area contributed by atoms with Crippen LogP contribution >= 0.6 is 23.2 Å². The maximum atomic E-state index is 13.0. The third-order valence-electron chi connectivity index (χ3n) is 6.12. The normalized spacial score (nSPS) is 20.4. The van der Waals surface area contributed by atoms with Crippen molar-refractivity contribution in [2.24, 2.45) is 0 Å². The predicted octanol–water partition coefficient (Wildman–Crippen LogP) is 2.83. The van der Waals surface area contributed by atoms with Gasteiger partial charge < -0.3 is 19.3 Å². The number of rotatable bonds is 3. The molecule has 3 aliphatic heterocycles. The summed E-state index contributed by atoms with van der Waals surface area (Å²) >= 11 is 12.5. The third-order valence-corrected chi connectivity index (χ3v) is 6.83. The Hall–Kier alpha value is -2.13. The van der Waals surface area contributed by atoms with E-state index in [4.69, 9.17) is 32.7 Å². The van der Waals surface area contributed by atoms with E-state index < -0.39 is 5.79 Å². The fraction of sp³-hybridized carbons (Fsp3) is 0.476. The molecule has 10 heteroatoms. The van der Waals surface area contributed by atoms with Gasteiger partial charge in [0.05, 0.1) is 19.8 Å². The monoisotopic (exact) mass is 464 g/mol. The van der Waals surface area contributed by atoms with Crippen LogP contribution < -0.4 is 0 Å². The van der Waals surface area contributed by atoms with Gasteiger partial charge in [0.25, 0.3) is 11.8 Å². The molecule has 0 atom stereocenters. The molecule has 2 saturated heterocycles. The van der Waals surface area contributed by atoms with Gasteiger partial charge in [-0.1, -0.05) is 29.3 Å². The van der Waals surface area contributed by atoms with Gasteiger partial charge in [-0.05, 0) is 12.1 Å². The van der Waals surface area contributed by atoms with Crippen molar-refractivity contribution in [2.75, 3.05) is 32.8 Å². The molecule has 0 unspecified atom stereocenters. The van der Waals surface area contributed by atoms with Crippen molar-refractivity contribution in [3.05, 3.63) is 51.3 Å². The third kappa shape index (κ3) is 3.82. The largest absolute Gasteiger partial charge is 0.347 e. The highest BCUT2D eigenvalue weighted by atomic mass is 35.5. The molecular weight excluding hydrogens is 443 g/mol. The number of piperidine rings is 1. The van der Waals surface area contributed by atoms with Crippen molar-refractivity contribution in [2.45, 2.75) is 31.7 Å². The van der Waals surface area contributed by atoms with Crippen LogP contribution in [-0.4, -0.2) is 70.0 Å². The molecule has 0 aliphatic carbocycles. The molecule has 1 aromatic heterocycles. The number of aromatic nitrogens is 2. The van der Waals surface area contributed by atoms with Crippen LogP contribution in [0, 0.1) is 0 Å². The lowest BCUT2D eigenvalue weighted by molar-refractivity contribution is -0.181. The number of benzene rings is 1. The Bertz CT molecular complexity index is 1000. The first kappa shape index (κ1) is 20.8. The number of ether oxygens (including phenoxy) is 2. The Morgan fingerprint density at radius 3 is 2.42 bits per heavy atom. The minimum absolute atomic E-state index is 0.178. The molecule has 3 aliphatic rings. The summed E-state index contributed by atoms with van der Waals surface area (Å²) in [6, 6.07) is 6.86. The van der Waals surface area contributed by atoms with E-state index in [1.54, 1.807) is 38.7 Å².